The summed E-state index contributed by atoms with van der Waals surface area (Å²) in [5, 5.41) is 47.3. The third-order valence-corrected chi connectivity index (χ3v) is 14.9. The van der Waals surface area contributed by atoms with Crippen LogP contribution in [0.3, 0.4) is 0 Å². The number of nitrogens with zero attached hydrogens (tertiary/aromatic N) is 1. The molecule has 10 amide bonds. The minimum atomic E-state index is -1.60. The SMILES string of the molecule is CCCCCC[C@@H](C)C[C@H](NC(=O)[C@H](C)NC(=O)[C@@H](C)NC(=O)[C@H](C[C@H](C)C[C@H](O)CC(=O)CC)NC(=O)[C@@H]1CCCN1C(=O)CCC)C(=O)N[C@@H](CC(C)C)C(=O)NC(C)(C)C(=O)N[C@@H](CC(C)C)C(=O)NCCC(=O)N[C@@H](C)CNCCO. The maximum absolute atomic E-state index is 14.4. The predicted octanol–water partition coefficient (Wildman–Crippen LogP) is 2.45. The molecule has 488 valence electrons. The molecule has 85 heavy (non-hydrogen) atoms. The van der Waals surface area contributed by atoms with Crippen LogP contribution in [0.1, 0.15) is 206 Å². The van der Waals surface area contributed by atoms with Crippen molar-refractivity contribution >= 4 is 64.9 Å². The van der Waals surface area contributed by atoms with E-state index in [1.807, 2.05) is 41.5 Å². The molecular formula is C61H111N11O13. The summed E-state index contributed by atoms with van der Waals surface area (Å²) in [5.41, 5.74) is -1.60. The van der Waals surface area contributed by atoms with Gasteiger partial charge in [0.15, 0.2) is 0 Å². The molecule has 24 nitrogen and oxygen atoms in total. The molecule has 1 heterocycles. The van der Waals surface area contributed by atoms with E-state index in [2.05, 4.69) is 60.1 Å². The summed E-state index contributed by atoms with van der Waals surface area (Å²) >= 11 is 0. The molecule has 0 spiro atoms. The Kier molecular flexibility index (Phi) is 36.9. The van der Waals surface area contributed by atoms with Crippen LogP contribution in [0.15, 0.2) is 0 Å². The maximum Gasteiger partial charge on any atom is 0.245 e. The van der Waals surface area contributed by atoms with E-state index in [4.69, 9.17) is 5.11 Å². The van der Waals surface area contributed by atoms with Gasteiger partial charge in [0.25, 0.3) is 0 Å². The number of Topliss-reactive ketones (excluding diaryl/α,β-unsaturated/α-hetero) is 1. The number of unbranched alkanes of at least 4 members (excludes halogenated alkanes) is 3. The second kappa shape index (κ2) is 40.6. The number of hydrogen-bond donors (Lipinski definition) is 12. The van der Waals surface area contributed by atoms with Gasteiger partial charge in [-0.15, -0.1) is 0 Å². The number of carbonyl (C=O) groups excluding carboxylic acids is 11. The van der Waals surface area contributed by atoms with E-state index in [-0.39, 0.29) is 118 Å². The van der Waals surface area contributed by atoms with Crippen LogP contribution in [0.5, 0.6) is 0 Å². The number of carbonyl (C=O) groups is 11. The van der Waals surface area contributed by atoms with Gasteiger partial charge in [-0.25, -0.2) is 0 Å². The summed E-state index contributed by atoms with van der Waals surface area (Å²) in [7, 11) is 0. The zero-order chi connectivity index (χ0) is 64.6. The maximum atomic E-state index is 14.4. The molecule has 11 atom stereocenters. The first kappa shape index (κ1) is 77.3. The molecule has 1 fully saturated rings. The summed E-state index contributed by atoms with van der Waals surface area (Å²) < 4.78 is 0. The summed E-state index contributed by atoms with van der Waals surface area (Å²) in [4.78, 5) is 151. The Morgan fingerprint density at radius 2 is 1.13 bits per heavy atom. The Labute approximate surface area is 506 Å². The molecule has 24 heteroatoms. The van der Waals surface area contributed by atoms with Crippen LogP contribution in [0.25, 0.3) is 0 Å². The number of amides is 10. The van der Waals surface area contributed by atoms with Gasteiger partial charge in [0.05, 0.1) is 12.7 Å². The van der Waals surface area contributed by atoms with Gasteiger partial charge in [-0.1, -0.05) is 94.4 Å². The van der Waals surface area contributed by atoms with E-state index in [0.717, 1.165) is 32.1 Å². The topological polar surface area (TPSA) is 352 Å². The highest BCUT2D eigenvalue weighted by molar-refractivity contribution is 5.99. The fourth-order valence-corrected chi connectivity index (χ4v) is 10.1. The van der Waals surface area contributed by atoms with Crippen molar-refractivity contribution < 1.29 is 63.0 Å². The van der Waals surface area contributed by atoms with Crippen LogP contribution in [0.4, 0.5) is 0 Å². The van der Waals surface area contributed by atoms with Crippen LogP contribution in [-0.4, -0.2) is 173 Å². The normalized spacial score (nSPS) is 16.9. The number of hydrogen-bond acceptors (Lipinski definition) is 14. The molecule has 0 aromatic heterocycles. The summed E-state index contributed by atoms with van der Waals surface area (Å²) in [6.45, 7) is 25.6. The van der Waals surface area contributed by atoms with E-state index in [0.29, 0.717) is 38.9 Å². The van der Waals surface area contributed by atoms with Gasteiger partial charge in [0, 0.05) is 57.9 Å². The Balaban J connectivity index is 3.31. The zero-order valence-corrected chi connectivity index (χ0v) is 53.9. The van der Waals surface area contributed by atoms with E-state index in [1.165, 1.54) is 32.6 Å². The predicted molar refractivity (Wildman–Crippen MR) is 326 cm³/mol. The van der Waals surface area contributed by atoms with Gasteiger partial charge < -0.3 is 68.3 Å². The zero-order valence-electron chi connectivity index (χ0n) is 53.9. The highest BCUT2D eigenvalue weighted by Crippen LogP contribution is 2.22. The van der Waals surface area contributed by atoms with Gasteiger partial charge in [-0.05, 0) is 110 Å². The van der Waals surface area contributed by atoms with Crippen molar-refractivity contribution in [1.29, 1.82) is 0 Å². The molecule has 1 aliphatic heterocycles. The summed E-state index contributed by atoms with van der Waals surface area (Å²) in [6.07, 6.45) is 6.47. The van der Waals surface area contributed by atoms with Gasteiger partial charge >= 0.3 is 0 Å². The van der Waals surface area contributed by atoms with Gasteiger partial charge in [0.2, 0.25) is 59.1 Å². The molecule has 12 N–H and O–H groups in total. The number of rotatable bonds is 43. The second-order valence-electron chi connectivity index (χ2n) is 25.0. The molecule has 0 saturated carbocycles. The highest BCUT2D eigenvalue weighted by Gasteiger charge is 2.39. The third-order valence-electron chi connectivity index (χ3n) is 14.9. The van der Waals surface area contributed by atoms with Crippen molar-refractivity contribution in [3.63, 3.8) is 0 Å². The standard InChI is InChI=1S/C61H111N11O13/c1-15-18-19-20-23-39(8)33-48(57(82)68-47(31-38(6)7)58(83)71-61(13,14)60(85)70-46(30-37(4)5)55(80)63-26-25-51(76)64-41(10)36-62-27-29-73)67-54(79)43(12)65-53(78)42(11)66-56(81)49(34-40(9)32-45(75)35-44(74)17-3)69-59(84)50-24-21-28-72(50)52(77)22-16-2/h37-43,45-50,62,73,75H,15-36H2,1-14H3,(H,63,80)(H,64,76)(H,65,78)(H,66,81)(H,67,79)(H,68,82)(H,69,84)(H,70,85)(H,71,83)/t39-,40-,41+,42-,43+,45+,46+,47+,48+,49+,50+/m1/s1. The second-order valence-corrected chi connectivity index (χ2v) is 25.0. The van der Waals surface area contributed by atoms with Crippen molar-refractivity contribution in [1.82, 2.24) is 58.1 Å². The first-order chi connectivity index (χ1) is 39.9. The highest BCUT2D eigenvalue weighted by atomic mass is 16.3. The lowest BCUT2D eigenvalue weighted by molar-refractivity contribution is -0.140. The molecule has 0 aromatic rings. The number of aliphatic hydroxyl groups is 2. The van der Waals surface area contributed by atoms with Gasteiger partial charge in [0.1, 0.15) is 53.6 Å². The Morgan fingerprint density at radius 1 is 0.576 bits per heavy atom. The molecule has 1 aliphatic rings. The molecule has 0 aliphatic carbocycles. The fraction of sp³-hybridized carbons (Fsp3) is 0.820. The lowest BCUT2D eigenvalue weighted by Crippen LogP contribution is -2.63. The Bertz CT molecular complexity index is 2140. The van der Waals surface area contributed by atoms with Crippen LogP contribution < -0.4 is 53.2 Å². The smallest absolute Gasteiger partial charge is 0.245 e. The average molecular weight is 1210 g/mol. The van der Waals surface area contributed by atoms with E-state index in [1.54, 1.807) is 20.8 Å². The van der Waals surface area contributed by atoms with Crippen LogP contribution in [0, 0.1) is 23.7 Å². The Hall–Kier alpha value is -5.75. The van der Waals surface area contributed by atoms with Gasteiger partial charge in [-0.3, -0.25) is 52.7 Å². The monoisotopic (exact) mass is 1210 g/mol. The van der Waals surface area contributed by atoms with Crippen LogP contribution in [-0.2, 0) is 52.7 Å². The van der Waals surface area contributed by atoms with E-state index < -0.39 is 101 Å². The first-order valence-electron chi connectivity index (χ1n) is 31.4. The molecule has 0 aromatic carbocycles. The summed E-state index contributed by atoms with van der Waals surface area (Å²) in [5.74, 6) is -6.48. The fourth-order valence-electron chi connectivity index (χ4n) is 10.1. The van der Waals surface area contributed by atoms with E-state index in [9.17, 15) is 57.8 Å². The van der Waals surface area contributed by atoms with Crippen LogP contribution in [0.2, 0.25) is 0 Å². The molecule has 0 radical (unpaired) electrons. The quantitative estimate of drug-likeness (QED) is 0.0391. The minimum absolute atomic E-state index is 0.00317. The number of nitrogens with one attached hydrogen (secondary N) is 10. The third kappa shape index (κ3) is 30.9. The lowest BCUT2D eigenvalue weighted by Gasteiger charge is -2.31. The first-order valence-corrected chi connectivity index (χ1v) is 31.4. The molecule has 0 bridgehead atoms. The number of likely N-dealkylation sites (tertiary alicyclic amines) is 1. The summed E-state index contributed by atoms with van der Waals surface area (Å²) in [6, 6.07) is -8.07. The molecular weight excluding hydrogens is 1090 g/mol. The van der Waals surface area contributed by atoms with Crippen molar-refractivity contribution in [2.45, 2.75) is 266 Å². The average Bonchev–Trinajstić information content (AvgIpc) is 4.12. The lowest BCUT2D eigenvalue weighted by atomic mass is 9.92. The largest absolute Gasteiger partial charge is 0.395 e. The van der Waals surface area contributed by atoms with Crippen molar-refractivity contribution in [2.75, 3.05) is 32.8 Å². The molecule has 1 saturated heterocycles. The Morgan fingerprint density at radius 3 is 1.72 bits per heavy atom. The minimum Gasteiger partial charge on any atom is -0.395 e. The van der Waals surface area contributed by atoms with Crippen molar-refractivity contribution in [3.8, 4) is 0 Å². The van der Waals surface area contributed by atoms with Gasteiger partial charge in [-0.2, -0.15) is 0 Å². The van der Waals surface area contributed by atoms with Crippen molar-refractivity contribution in [2.24, 2.45) is 23.7 Å². The van der Waals surface area contributed by atoms with Crippen LogP contribution >= 0.6 is 0 Å². The van der Waals surface area contributed by atoms with E-state index >= 15 is 0 Å². The van der Waals surface area contributed by atoms with Crippen molar-refractivity contribution in [3.05, 3.63) is 0 Å². The number of ketones is 1. The molecule has 0 unspecified atom stereocenters. The molecule has 1 rings (SSSR count). The number of aliphatic hydroxyl groups excluding tert-OH is 2.